The smallest absolute Gasteiger partial charge is 0.200 e. The maximum Gasteiger partial charge on any atom is 0.200 e. The van der Waals surface area contributed by atoms with E-state index in [2.05, 4.69) is 0 Å². The third kappa shape index (κ3) is 4.24. The van der Waals surface area contributed by atoms with Crippen molar-refractivity contribution in [3.05, 3.63) is 87.2 Å². The first-order valence-electron chi connectivity index (χ1n) is 10.9. The first-order chi connectivity index (χ1) is 16.5. The molecular weight excluding hydrogens is 456 g/mol. The van der Waals surface area contributed by atoms with Gasteiger partial charge in [0, 0.05) is 16.7 Å². The minimum atomic E-state index is -0.172. The van der Waals surface area contributed by atoms with Gasteiger partial charge in [0.25, 0.3) is 0 Å². The molecule has 0 amide bonds. The van der Waals surface area contributed by atoms with Crippen LogP contribution in [0.5, 0.6) is 17.2 Å². The molecule has 0 radical (unpaired) electrons. The van der Waals surface area contributed by atoms with Gasteiger partial charge < -0.3 is 18.6 Å². The van der Waals surface area contributed by atoms with Gasteiger partial charge >= 0.3 is 0 Å². The second-order valence-corrected chi connectivity index (χ2v) is 8.30. The van der Waals surface area contributed by atoms with Crippen molar-refractivity contribution in [2.45, 2.75) is 13.3 Å². The number of halogens is 1. The Kier molecular flexibility index (Phi) is 5.99. The van der Waals surface area contributed by atoms with Crippen molar-refractivity contribution in [2.75, 3.05) is 19.8 Å². The van der Waals surface area contributed by atoms with Crippen molar-refractivity contribution < 1.29 is 23.4 Å². The molecule has 5 rings (SSSR count). The molecule has 1 aromatic heterocycles. The number of hydrogen-bond acceptors (Lipinski definition) is 6. The van der Waals surface area contributed by atoms with E-state index < -0.39 is 0 Å². The molecule has 0 spiro atoms. The van der Waals surface area contributed by atoms with Crippen molar-refractivity contribution in [3.8, 4) is 28.4 Å². The largest absolute Gasteiger partial charge is 0.486 e. The number of ketones is 1. The van der Waals surface area contributed by atoms with Gasteiger partial charge in [0.15, 0.2) is 23.9 Å². The lowest BCUT2D eigenvalue weighted by Gasteiger charge is -2.18. The van der Waals surface area contributed by atoms with Crippen LogP contribution in [0.4, 0.5) is 0 Å². The normalized spacial score (nSPS) is 12.5. The second kappa shape index (κ2) is 9.23. The van der Waals surface area contributed by atoms with Crippen LogP contribution in [0.2, 0.25) is 5.02 Å². The van der Waals surface area contributed by atoms with Crippen LogP contribution in [0.25, 0.3) is 22.1 Å². The molecule has 7 heteroatoms. The number of aryl methyl sites for hydroxylation is 1. The summed E-state index contributed by atoms with van der Waals surface area (Å²) >= 11 is 5.89. The maximum absolute atomic E-state index is 13.3. The molecule has 0 saturated carbocycles. The zero-order chi connectivity index (χ0) is 23.7. The number of ether oxygens (including phenoxy) is 3. The predicted octanol–water partition coefficient (Wildman–Crippen LogP) is 5.71. The van der Waals surface area contributed by atoms with Gasteiger partial charge in [0.05, 0.1) is 10.9 Å². The Morgan fingerprint density at radius 1 is 1.00 bits per heavy atom. The van der Waals surface area contributed by atoms with Crippen LogP contribution in [-0.2, 0) is 6.42 Å². The Balaban J connectivity index is 1.45. The van der Waals surface area contributed by atoms with Gasteiger partial charge in [-0.3, -0.25) is 9.59 Å². The summed E-state index contributed by atoms with van der Waals surface area (Å²) in [4.78, 5) is 25.8. The summed E-state index contributed by atoms with van der Waals surface area (Å²) in [7, 11) is 0. The first-order valence-corrected chi connectivity index (χ1v) is 11.3. The summed E-state index contributed by atoms with van der Waals surface area (Å²) in [5.74, 6) is 1.59. The fourth-order valence-electron chi connectivity index (χ4n) is 3.89. The highest BCUT2D eigenvalue weighted by atomic mass is 35.5. The van der Waals surface area contributed by atoms with Crippen LogP contribution in [-0.4, -0.2) is 25.6 Å². The summed E-state index contributed by atoms with van der Waals surface area (Å²) in [5.41, 5.74) is 2.67. The number of carbonyl (C=O) groups excluding carboxylic acids is 1. The van der Waals surface area contributed by atoms with Crippen LogP contribution < -0.4 is 19.6 Å². The Bertz CT molecular complexity index is 1440. The lowest BCUT2D eigenvalue weighted by atomic mass is 10.0. The summed E-state index contributed by atoms with van der Waals surface area (Å²) in [5, 5.41) is 1.01. The van der Waals surface area contributed by atoms with Gasteiger partial charge in [0.1, 0.15) is 30.8 Å². The van der Waals surface area contributed by atoms with Gasteiger partial charge in [-0.25, -0.2) is 0 Å². The molecule has 3 aromatic carbocycles. The fourth-order valence-corrected chi connectivity index (χ4v) is 4.01. The summed E-state index contributed by atoms with van der Waals surface area (Å²) < 4.78 is 22.8. The quantitative estimate of drug-likeness (QED) is 0.332. The Morgan fingerprint density at radius 2 is 1.76 bits per heavy atom. The average Bonchev–Trinajstić information content (AvgIpc) is 2.87. The molecule has 0 saturated heterocycles. The number of fused-ring (bicyclic) bond motifs is 2. The summed E-state index contributed by atoms with van der Waals surface area (Å²) in [6, 6.07) is 15.5. The van der Waals surface area contributed by atoms with Crippen LogP contribution in [0.15, 0.2) is 70.1 Å². The Labute approximate surface area is 200 Å². The van der Waals surface area contributed by atoms with Gasteiger partial charge in [-0.1, -0.05) is 24.6 Å². The second-order valence-electron chi connectivity index (χ2n) is 7.87. The third-order valence-electron chi connectivity index (χ3n) is 5.71. The van der Waals surface area contributed by atoms with E-state index in [4.69, 9.17) is 30.2 Å². The molecule has 4 aromatic rings. The molecule has 0 unspecified atom stereocenters. The summed E-state index contributed by atoms with van der Waals surface area (Å²) in [6.07, 6.45) is 2.05. The minimum Gasteiger partial charge on any atom is -0.486 e. The van der Waals surface area contributed by atoms with Gasteiger partial charge in [0.2, 0.25) is 5.43 Å². The average molecular weight is 477 g/mol. The van der Waals surface area contributed by atoms with E-state index in [1.165, 1.54) is 6.26 Å². The topological polar surface area (TPSA) is 75.0 Å². The van der Waals surface area contributed by atoms with Gasteiger partial charge in [-0.15, -0.1) is 0 Å². The highest BCUT2D eigenvalue weighted by Crippen LogP contribution is 2.34. The monoisotopic (exact) mass is 476 g/mol. The molecule has 0 bridgehead atoms. The molecule has 0 aliphatic carbocycles. The van der Waals surface area contributed by atoms with Crippen molar-refractivity contribution in [1.82, 2.24) is 0 Å². The lowest BCUT2D eigenvalue weighted by Crippen LogP contribution is -2.15. The highest BCUT2D eigenvalue weighted by Gasteiger charge is 2.17. The number of hydrogen-bond donors (Lipinski definition) is 0. The minimum absolute atomic E-state index is 0.139. The van der Waals surface area contributed by atoms with Crippen LogP contribution >= 0.6 is 11.6 Å². The van der Waals surface area contributed by atoms with E-state index in [0.29, 0.717) is 69.6 Å². The van der Waals surface area contributed by atoms with E-state index in [1.807, 2.05) is 13.0 Å². The van der Waals surface area contributed by atoms with Crippen molar-refractivity contribution >= 4 is 28.4 Å². The van der Waals surface area contributed by atoms with E-state index in [1.54, 1.807) is 48.5 Å². The number of rotatable bonds is 6. The van der Waals surface area contributed by atoms with E-state index in [0.717, 1.165) is 5.56 Å². The van der Waals surface area contributed by atoms with Crippen molar-refractivity contribution in [3.63, 3.8) is 0 Å². The highest BCUT2D eigenvalue weighted by molar-refractivity contribution is 6.30. The van der Waals surface area contributed by atoms with Crippen LogP contribution in [0, 0.1) is 0 Å². The molecular formula is C27H21ClO6. The molecule has 1 aliphatic rings. The van der Waals surface area contributed by atoms with Crippen LogP contribution in [0.3, 0.4) is 0 Å². The van der Waals surface area contributed by atoms with E-state index in [-0.39, 0.29) is 17.8 Å². The van der Waals surface area contributed by atoms with E-state index in [9.17, 15) is 9.59 Å². The maximum atomic E-state index is 13.3. The first kappa shape index (κ1) is 22.0. The number of carbonyl (C=O) groups is 1. The third-order valence-corrected chi connectivity index (χ3v) is 5.97. The number of benzene rings is 3. The van der Waals surface area contributed by atoms with Crippen molar-refractivity contribution in [1.29, 1.82) is 0 Å². The van der Waals surface area contributed by atoms with Gasteiger partial charge in [-0.05, 0) is 60.0 Å². The molecule has 1 aliphatic heterocycles. The molecule has 2 heterocycles. The zero-order valence-corrected chi connectivity index (χ0v) is 19.2. The number of Topliss-reactive ketones (excluding diaryl/α,β-unsaturated/α-hetero) is 1. The van der Waals surface area contributed by atoms with Crippen LogP contribution in [0.1, 0.15) is 22.8 Å². The Morgan fingerprint density at radius 3 is 2.53 bits per heavy atom. The molecule has 0 N–H and O–H groups in total. The molecule has 6 nitrogen and oxygen atoms in total. The standard InChI is InChI=1S/C27H21ClO6/c1-2-16-11-20-25(13-24(16)34-15-22(29)17-3-6-19(28)7-4-17)33-14-21(27(20)30)18-5-8-23-26(12-18)32-10-9-31-23/h3-8,11-14H,2,9-10,15H2,1H3. The summed E-state index contributed by atoms with van der Waals surface area (Å²) in [6.45, 7) is 2.78. The van der Waals surface area contributed by atoms with Crippen molar-refractivity contribution in [2.24, 2.45) is 0 Å². The SMILES string of the molecule is CCc1cc2c(=O)c(-c3ccc4c(c3)OCCO4)coc2cc1OCC(=O)c1ccc(Cl)cc1. The predicted molar refractivity (Wildman–Crippen MR) is 130 cm³/mol. The molecule has 34 heavy (non-hydrogen) atoms. The zero-order valence-electron chi connectivity index (χ0n) is 18.4. The lowest BCUT2D eigenvalue weighted by molar-refractivity contribution is 0.0921. The fraction of sp³-hybridized carbons (Fsp3) is 0.185. The molecule has 0 atom stereocenters. The molecule has 172 valence electrons. The Hall–Kier alpha value is -3.77. The van der Waals surface area contributed by atoms with Gasteiger partial charge in [-0.2, -0.15) is 0 Å². The molecule has 0 fully saturated rings. The van der Waals surface area contributed by atoms with E-state index >= 15 is 0 Å².